The second-order valence-corrected chi connectivity index (χ2v) is 4.36. The summed E-state index contributed by atoms with van der Waals surface area (Å²) in [6, 6.07) is 7.81. The van der Waals surface area contributed by atoms with Crippen LogP contribution in [0.2, 0.25) is 0 Å². The van der Waals surface area contributed by atoms with Crippen LogP contribution < -0.4 is 10.6 Å². The molecule has 1 saturated heterocycles. The van der Waals surface area contributed by atoms with Gasteiger partial charge < -0.3 is 15.5 Å². The number of halogens is 1. The average Bonchev–Trinajstić information content (AvgIpc) is 2.39. The fraction of sp³-hybridized carbons (Fsp3) is 0.417. The molecule has 1 aliphatic heterocycles. The zero-order chi connectivity index (χ0) is 12.3. The lowest BCUT2D eigenvalue weighted by Crippen LogP contribution is -2.49. The summed E-state index contributed by atoms with van der Waals surface area (Å²) in [4.78, 5) is 15.5. The Morgan fingerprint density at radius 3 is 2.29 bits per heavy atom. The minimum Gasteiger partial charge on any atom is -0.399 e. The molecule has 5 heteroatoms. The molecule has 0 radical (unpaired) electrons. The molecule has 2 rings (SSSR count). The molecule has 1 aromatic carbocycles. The minimum absolute atomic E-state index is 0.0172. The maximum atomic E-state index is 11.4. The van der Waals surface area contributed by atoms with E-state index in [9.17, 15) is 4.79 Å². The van der Waals surface area contributed by atoms with Gasteiger partial charge in [-0.25, -0.2) is 0 Å². The summed E-state index contributed by atoms with van der Waals surface area (Å²) in [6.45, 7) is 3.14. The molecule has 2 N–H and O–H groups in total. The Bertz CT molecular complexity index is 385. The van der Waals surface area contributed by atoms with Gasteiger partial charge in [0, 0.05) is 37.6 Å². The summed E-state index contributed by atoms with van der Waals surface area (Å²) in [5, 5.41) is 0. The molecule has 0 atom stereocenters. The van der Waals surface area contributed by atoms with Crippen molar-refractivity contribution >= 4 is 28.9 Å². The smallest absolute Gasteiger partial charge is 0.237 e. The van der Waals surface area contributed by atoms with Gasteiger partial charge in [-0.3, -0.25) is 4.79 Å². The van der Waals surface area contributed by atoms with Crippen LogP contribution in [0.3, 0.4) is 0 Å². The molecule has 92 valence electrons. The van der Waals surface area contributed by atoms with Gasteiger partial charge >= 0.3 is 0 Å². The Morgan fingerprint density at radius 1 is 1.18 bits per heavy atom. The molecular formula is C12H16ClN3O. The van der Waals surface area contributed by atoms with E-state index in [1.165, 1.54) is 0 Å². The number of hydrogen-bond acceptors (Lipinski definition) is 3. The van der Waals surface area contributed by atoms with Crippen LogP contribution in [-0.2, 0) is 4.79 Å². The van der Waals surface area contributed by atoms with E-state index in [-0.39, 0.29) is 11.8 Å². The van der Waals surface area contributed by atoms with Gasteiger partial charge in [0.05, 0.1) is 0 Å². The molecule has 1 amide bonds. The van der Waals surface area contributed by atoms with Gasteiger partial charge in [0.2, 0.25) is 5.91 Å². The highest BCUT2D eigenvalue weighted by Crippen LogP contribution is 2.18. The number of rotatable bonds is 2. The summed E-state index contributed by atoms with van der Waals surface area (Å²) in [7, 11) is 0. The standard InChI is InChI=1S/C12H16ClN3O/c13-9-12(17)16-7-5-15(6-8-16)11-3-1-10(14)2-4-11/h1-4H,5-9,14H2. The number of carbonyl (C=O) groups excluding carboxylic acids is 1. The normalized spacial score (nSPS) is 16.1. The van der Waals surface area contributed by atoms with E-state index < -0.39 is 0 Å². The summed E-state index contributed by atoms with van der Waals surface area (Å²) in [5.74, 6) is 0.0885. The minimum atomic E-state index is 0.0172. The van der Waals surface area contributed by atoms with Crippen molar-refractivity contribution < 1.29 is 4.79 Å². The number of carbonyl (C=O) groups is 1. The number of nitrogen functional groups attached to an aromatic ring is 1. The second-order valence-electron chi connectivity index (χ2n) is 4.09. The third kappa shape index (κ3) is 2.82. The topological polar surface area (TPSA) is 49.6 Å². The predicted octanol–water partition coefficient (Wildman–Crippen LogP) is 1.16. The fourth-order valence-corrected chi connectivity index (χ4v) is 2.15. The maximum Gasteiger partial charge on any atom is 0.237 e. The number of benzene rings is 1. The summed E-state index contributed by atoms with van der Waals surface area (Å²) in [5.41, 5.74) is 7.57. The van der Waals surface area contributed by atoms with Crippen molar-refractivity contribution in [2.45, 2.75) is 0 Å². The van der Waals surface area contributed by atoms with E-state index in [1.54, 1.807) is 4.90 Å². The van der Waals surface area contributed by atoms with Crippen LogP contribution in [-0.4, -0.2) is 42.9 Å². The molecule has 1 heterocycles. The summed E-state index contributed by atoms with van der Waals surface area (Å²) < 4.78 is 0. The lowest BCUT2D eigenvalue weighted by Gasteiger charge is -2.35. The van der Waals surface area contributed by atoms with Crippen molar-refractivity contribution in [3.05, 3.63) is 24.3 Å². The lowest BCUT2D eigenvalue weighted by molar-refractivity contribution is -0.128. The maximum absolute atomic E-state index is 11.4. The SMILES string of the molecule is Nc1ccc(N2CCN(C(=O)CCl)CC2)cc1. The van der Waals surface area contributed by atoms with E-state index in [0.29, 0.717) is 0 Å². The third-order valence-corrected chi connectivity index (χ3v) is 3.23. The molecule has 0 aromatic heterocycles. The van der Waals surface area contributed by atoms with E-state index >= 15 is 0 Å². The number of hydrogen-bond donors (Lipinski definition) is 1. The van der Waals surface area contributed by atoms with E-state index in [4.69, 9.17) is 17.3 Å². The predicted molar refractivity (Wildman–Crippen MR) is 70.4 cm³/mol. The monoisotopic (exact) mass is 253 g/mol. The molecule has 17 heavy (non-hydrogen) atoms. The number of nitrogens with two attached hydrogens (primary N) is 1. The van der Waals surface area contributed by atoms with Crippen LogP contribution in [0.25, 0.3) is 0 Å². The van der Waals surface area contributed by atoms with Crippen LogP contribution in [0, 0.1) is 0 Å². The van der Waals surface area contributed by atoms with Crippen molar-refractivity contribution in [1.82, 2.24) is 4.90 Å². The quantitative estimate of drug-likeness (QED) is 0.636. The van der Waals surface area contributed by atoms with Crippen molar-refractivity contribution in [3.63, 3.8) is 0 Å². The van der Waals surface area contributed by atoms with Crippen molar-refractivity contribution in [1.29, 1.82) is 0 Å². The van der Waals surface area contributed by atoms with Crippen LogP contribution in [0.1, 0.15) is 0 Å². The van der Waals surface area contributed by atoms with Crippen molar-refractivity contribution in [2.24, 2.45) is 0 Å². The Morgan fingerprint density at radius 2 is 1.76 bits per heavy atom. The zero-order valence-corrected chi connectivity index (χ0v) is 10.4. The number of amides is 1. The highest BCUT2D eigenvalue weighted by atomic mass is 35.5. The highest BCUT2D eigenvalue weighted by Gasteiger charge is 2.20. The molecule has 0 saturated carbocycles. The van der Waals surface area contributed by atoms with E-state index in [2.05, 4.69) is 4.90 Å². The molecular weight excluding hydrogens is 238 g/mol. The van der Waals surface area contributed by atoms with Crippen LogP contribution >= 0.6 is 11.6 Å². The number of alkyl halides is 1. The van der Waals surface area contributed by atoms with Gasteiger partial charge in [0.15, 0.2) is 0 Å². The Labute approximate surface area is 106 Å². The second kappa shape index (κ2) is 5.27. The summed E-state index contributed by atoms with van der Waals surface area (Å²) in [6.07, 6.45) is 0. The highest BCUT2D eigenvalue weighted by molar-refractivity contribution is 6.27. The van der Waals surface area contributed by atoms with Gasteiger partial charge in [0.25, 0.3) is 0 Å². The van der Waals surface area contributed by atoms with Gasteiger partial charge in [0.1, 0.15) is 5.88 Å². The summed E-state index contributed by atoms with van der Waals surface area (Å²) >= 11 is 5.54. The molecule has 1 aromatic rings. The fourth-order valence-electron chi connectivity index (χ4n) is 1.98. The molecule has 1 aliphatic rings. The Kier molecular flexibility index (Phi) is 3.74. The van der Waals surface area contributed by atoms with Gasteiger partial charge in [-0.15, -0.1) is 11.6 Å². The van der Waals surface area contributed by atoms with Crippen LogP contribution in [0.5, 0.6) is 0 Å². The largest absolute Gasteiger partial charge is 0.399 e. The van der Waals surface area contributed by atoms with Crippen molar-refractivity contribution in [3.8, 4) is 0 Å². The number of anilines is 2. The Hall–Kier alpha value is -1.42. The molecule has 1 fully saturated rings. The molecule has 0 aliphatic carbocycles. The first-order valence-electron chi connectivity index (χ1n) is 5.65. The molecule has 0 bridgehead atoms. The third-order valence-electron chi connectivity index (χ3n) is 3.00. The molecule has 0 unspecified atom stereocenters. The van der Waals surface area contributed by atoms with Crippen molar-refractivity contribution in [2.75, 3.05) is 42.7 Å². The average molecular weight is 254 g/mol. The first-order valence-corrected chi connectivity index (χ1v) is 6.18. The van der Waals surface area contributed by atoms with E-state index in [1.807, 2.05) is 24.3 Å². The van der Waals surface area contributed by atoms with E-state index in [0.717, 1.165) is 37.6 Å². The van der Waals surface area contributed by atoms with Crippen LogP contribution in [0.4, 0.5) is 11.4 Å². The number of piperazine rings is 1. The zero-order valence-electron chi connectivity index (χ0n) is 9.60. The number of nitrogens with zero attached hydrogens (tertiary/aromatic N) is 2. The Balaban J connectivity index is 1.95. The first kappa shape index (κ1) is 12.0. The molecule has 0 spiro atoms. The van der Waals surface area contributed by atoms with Gasteiger partial charge in [-0.2, -0.15) is 0 Å². The lowest BCUT2D eigenvalue weighted by atomic mass is 10.2. The first-order chi connectivity index (χ1) is 8.20. The van der Waals surface area contributed by atoms with Crippen LogP contribution in [0.15, 0.2) is 24.3 Å². The van der Waals surface area contributed by atoms with Gasteiger partial charge in [-0.1, -0.05) is 0 Å². The molecule has 4 nitrogen and oxygen atoms in total. The van der Waals surface area contributed by atoms with Gasteiger partial charge in [-0.05, 0) is 24.3 Å².